The van der Waals surface area contributed by atoms with Crippen LogP contribution in [0, 0.1) is 5.92 Å². The van der Waals surface area contributed by atoms with Gasteiger partial charge in [-0.3, -0.25) is 0 Å². The fourth-order valence-corrected chi connectivity index (χ4v) is 2.77. The average Bonchev–Trinajstić information content (AvgIpc) is 2.86. The molecule has 17 heavy (non-hydrogen) atoms. The molecule has 2 rings (SSSR count). The molecule has 0 saturated carbocycles. The zero-order valence-electron chi connectivity index (χ0n) is 11.7. The molecular formula is C14H28N2O. The van der Waals surface area contributed by atoms with E-state index < -0.39 is 0 Å². The van der Waals surface area contributed by atoms with Gasteiger partial charge in [0, 0.05) is 25.2 Å². The van der Waals surface area contributed by atoms with E-state index in [9.17, 15) is 0 Å². The number of hydrogen-bond acceptors (Lipinski definition) is 3. The highest BCUT2D eigenvalue weighted by molar-refractivity contribution is 4.82. The minimum absolute atomic E-state index is 0.252. The van der Waals surface area contributed by atoms with Crippen LogP contribution in [-0.4, -0.2) is 49.3 Å². The van der Waals surface area contributed by atoms with E-state index in [0.717, 1.165) is 25.6 Å². The molecule has 0 aromatic rings. The third-order valence-corrected chi connectivity index (χ3v) is 3.78. The first-order valence-corrected chi connectivity index (χ1v) is 7.12. The van der Waals surface area contributed by atoms with E-state index in [1.807, 2.05) is 0 Å². The third kappa shape index (κ3) is 4.57. The number of likely N-dealkylation sites (tertiary alicyclic amines) is 1. The lowest BCUT2D eigenvalue weighted by molar-refractivity contribution is 0.0795. The predicted octanol–water partition coefficient (Wildman–Crippen LogP) is 1.88. The van der Waals surface area contributed by atoms with Crippen LogP contribution in [0.1, 0.15) is 40.0 Å². The van der Waals surface area contributed by atoms with Crippen LogP contribution in [0.25, 0.3) is 0 Å². The maximum atomic E-state index is 5.71. The molecule has 2 saturated heterocycles. The van der Waals surface area contributed by atoms with Crippen molar-refractivity contribution in [3.05, 3.63) is 0 Å². The molecule has 2 aliphatic rings. The zero-order chi connectivity index (χ0) is 12.3. The van der Waals surface area contributed by atoms with Gasteiger partial charge in [0.2, 0.25) is 0 Å². The Balaban J connectivity index is 1.64. The SMILES string of the molecule is CC(C)(C)NCC1CCN(CC2CCCO2)C1. The highest BCUT2D eigenvalue weighted by atomic mass is 16.5. The summed E-state index contributed by atoms with van der Waals surface area (Å²) in [4.78, 5) is 2.59. The monoisotopic (exact) mass is 240 g/mol. The number of hydrogen-bond donors (Lipinski definition) is 1. The van der Waals surface area contributed by atoms with Crippen molar-refractivity contribution < 1.29 is 4.74 Å². The molecule has 0 spiro atoms. The van der Waals surface area contributed by atoms with Gasteiger partial charge in [0.25, 0.3) is 0 Å². The van der Waals surface area contributed by atoms with Gasteiger partial charge in [0.15, 0.2) is 0 Å². The van der Waals surface area contributed by atoms with Crippen LogP contribution in [0.15, 0.2) is 0 Å². The van der Waals surface area contributed by atoms with Gasteiger partial charge >= 0.3 is 0 Å². The fraction of sp³-hybridized carbons (Fsp3) is 1.00. The maximum Gasteiger partial charge on any atom is 0.0702 e. The first-order valence-electron chi connectivity index (χ1n) is 7.12. The van der Waals surface area contributed by atoms with Gasteiger partial charge in [-0.1, -0.05) is 0 Å². The van der Waals surface area contributed by atoms with E-state index in [1.54, 1.807) is 0 Å². The highest BCUT2D eigenvalue weighted by Gasteiger charge is 2.26. The normalized spacial score (nSPS) is 31.2. The van der Waals surface area contributed by atoms with E-state index in [4.69, 9.17) is 4.74 Å². The topological polar surface area (TPSA) is 24.5 Å². The predicted molar refractivity (Wildman–Crippen MR) is 71.3 cm³/mol. The molecule has 0 amide bonds. The van der Waals surface area contributed by atoms with E-state index in [0.29, 0.717) is 6.10 Å². The van der Waals surface area contributed by atoms with Crippen LogP contribution >= 0.6 is 0 Å². The standard InChI is InChI=1S/C14H28N2O/c1-14(2,3)15-9-12-6-7-16(10-12)11-13-5-4-8-17-13/h12-13,15H,4-11H2,1-3H3. The molecule has 0 bridgehead atoms. The number of ether oxygens (including phenoxy) is 1. The van der Waals surface area contributed by atoms with Gasteiger partial charge in [-0.05, 0) is 59.0 Å². The minimum Gasteiger partial charge on any atom is -0.377 e. The Morgan fingerprint density at radius 3 is 2.76 bits per heavy atom. The molecule has 2 atom stereocenters. The first-order chi connectivity index (χ1) is 8.03. The van der Waals surface area contributed by atoms with E-state index in [-0.39, 0.29) is 5.54 Å². The Kier molecular flexibility index (Phi) is 4.45. The third-order valence-electron chi connectivity index (χ3n) is 3.78. The van der Waals surface area contributed by atoms with Gasteiger partial charge in [-0.2, -0.15) is 0 Å². The zero-order valence-corrected chi connectivity index (χ0v) is 11.7. The summed E-state index contributed by atoms with van der Waals surface area (Å²) in [5.41, 5.74) is 0.252. The Morgan fingerprint density at radius 2 is 2.12 bits per heavy atom. The summed E-state index contributed by atoms with van der Waals surface area (Å²) in [5, 5.41) is 3.62. The molecule has 0 aromatic heterocycles. The minimum atomic E-state index is 0.252. The van der Waals surface area contributed by atoms with Crippen molar-refractivity contribution >= 4 is 0 Å². The van der Waals surface area contributed by atoms with Crippen molar-refractivity contribution in [2.24, 2.45) is 5.92 Å². The molecule has 3 nitrogen and oxygen atoms in total. The second-order valence-corrected chi connectivity index (χ2v) is 6.68. The molecule has 2 fully saturated rings. The number of nitrogens with zero attached hydrogens (tertiary/aromatic N) is 1. The van der Waals surface area contributed by atoms with Crippen LogP contribution in [0.4, 0.5) is 0 Å². The molecular weight excluding hydrogens is 212 g/mol. The van der Waals surface area contributed by atoms with Crippen LogP contribution < -0.4 is 5.32 Å². The molecule has 2 heterocycles. The summed E-state index contributed by atoms with van der Waals surface area (Å²) in [5.74, 6) is 0.829. The summed E-state index contributed by atoms with van der Waals surface area (Å²) in [6.45, 7) is 12.5. The molecule has 2 unspecified atom stereocenters. The quantitative estimate of drug-likeness (QED) is 0.812. The van der Waals surface area contributed by atoms with Crippen molar-refractivity contribution in [2.75, 3.05) is 32.8 Å². The molecule has 0 aromatic carbocycles. The van der Waals surface area contributed by atoms with E-state index in [1.165, 1.54) is 32.4 Å². The Labute approximate surface area is 106 Å². The second kappa shape index (κ2) is 5.68. The Bertz CT molecular complexity index is 231. The molecule has 0 radical (unpaired) electrons. The van der Waals surface area contributed by atoms with E-state index >= 15 is 0 Å². The lowest BCUT2D eigenvalue weighted by Gasteiger charge is -2.24. The van der Waals surface area contributed by atoms with Crippen LogP contribution in [0.5, 0.6) is 0 Å². The molecule has 100 valence electrons. The van der Waals surface area contributed by atoms with Crippen LogP contribution in [0.3, 0.4) is 0 Å². The van der Waals surface area contributed by atoms with Gasteiger partial charge in [0.05, 0.1) is 6.10 Å². The fourth-order valence-electron chi connectivity index (χ4n) is 2.77. The second-order valence-electron chi connectivity index (χ2n) is 6.68. The summed E-state index contributed by atoms with van der Waals surface area (Å²) in [6, 6.07) is 0. The molecule has 1 N–H and O–H groups in total. The number of rotatable bonds is 4. The largest absolute Gasteiger partial charge is 0.377 e. The summed E-state index contributed by atoms with van der Waals surface area (Å²) in [7, 11) is 0. The molecule has 0 aliphatic carbocycles. The Morgan fingerprint density at radius 1 is 1.29 bits per heavy atom. The van der Waals surface area contributed by atoms with Crippen molar-refractivity contribution in [1.29, 1.82) is 0 Å². The number of nitrogens with one attached hydrogen (secondary N) is 1. The van der Waals surface area contributed by atoms with Gasteiger partial charge in [-0.25, -0.2) is 0 Å². The van der Waals surface area contributed by atoms with Crippen molar-refractivity contribution in [2.45, 2.75) is 51.7 Å². The summed E-state index contributed by atoms with van der Waals surface area (Å²) in [6.07, 6.45) is 4.38. The smallest absolute Gasteiger partial charge is 0.0702 e. The summed E-state index contributed by atoms with van der Waals surface area (Å²) >= 11 is 0. The van der Waals surface area contributed by atoms with Gasteiger partial charge < -0.3 is 15.0 Å². The van der Waals surface area contributed by atoms with Crippen LogP contribution in [-0.2, 0) is 4.74 Å². The van der Waals surface area contributed by atoms with Gasteiger partial charge in [0.1, 0.15) is 0 Å². The Hall–Kier alpha value is -0.120. The first kappa shape index (κ1) is 13.3. The van der Waals surface area contributed by atoms with Crippen molar-refractivity contribution in [3.8, 4) is 0 Å². The van der Waals surface area contributed by atoms with Crippen LogP contribution in [0.2, 0.25) is 0 Å². The molecule has 2 aliphatic heterocycles. The van der Waals surface area contributed by atoms with Gasteiger partial charge in [-0.15, -0.1) is 0 Å². The lowest BCUT2D eigenvalue weighted by atomic mass is 10.1. The summed E-state index contributed by atoms with van der Waals surface area (Å²) < 4.78 is 5.71. The van der Waals surface area contributed by atoms with E-state index in [2.05, 4.69) is 31.0 Å². The average molecular weight is 240 g/mol. The lowest BCUT2D eigenvalue weighted by Crippen LogP contribution is -2.40. The molecule has 3 heteroatoms. The van der Waals surface area contributed by atoms with Crippen molar-refractivity contribution in [3.63, 3.8) is 0 Å². The van der Waals surface area contributed by atoms with Crippen molar-refractivity contribution in [1.82, 2.24) is 10.2 Å². The highest BCUT2D eigenvalue weighted by Crippen LogP contribution is 2.20. The maximum absolute atomic E-state index is 5.71.